The van der Waals surface area contributed by atoms with Gasteiger partial charge in [0.25, 0.3) is 5.91 Å². The number of thiophene rings is 1. The van der Waals surface area contributed by atoms with Gasteiger partial charge in [0.05, 0.1) is 6.42 Å². The van der Waals surface area contributed by atoms with E-state index in [2.05, 4.69) is 0 Å². The monoisotopic (exact) mass is 325 g/mol. The standard InChI is InChI=1S/C15H13F2NO3S/c16-11-4-1-5-12(17)15(11)18-13(19)9-21-14(20)7-6-10-3-2-8-22-10/h1-5,8H,6-7,9H2,(H,18,19). The molecule has 1 aromatic heterocycles. The van der Waals surface area contributed by atoms with Crippen molar-refractivity contribution in [2.45, 2.75) is 12.8 Å². The molecule has 2 aromatic rings. The van der Waals surface area contributed by atoms with E-state index in [9.17, 15) is 18.4 Å². The maximum atomic E-state index is 13.3. The number of nitrogens with one attached hydrogen (secondary N) is 1. The molecule has 1 aromatic carbocycles. The number of esters is 1. The fourth-order valence-electron chi connectivity index (χ4n) is 1.69. The number of ether oxygens (including phenoxy) is 1. The number of carbonyl (C=O) groups excluding carboxylic acids is 2. The molecular weight excluding hydrogens is 312 g/mol. The van der Waals surface area contributed by atoms with E-state index < -0.39 is 35.8 Å². The van der Waals surface area contributed by atoms with Gasteiger partial charge in [-0.25, -0.2) is 8.78 Å². The van der Waals surface area contributed by atoms with Crippen molar-refractivity contribution in [3.8, 4) is 0 Å². The predicted octanol–water partition coefficient (Wildman–Crippen LogP) is 3.14. The van der Waals surface area contributed by atoms with Crippen LogP contribution < -0.4 is 5.32 Å². The van der Waals surface area contributed by atoms with Gasteiger partial charge in [-0.2, -0.15) is 0 Å². The van der Waals surface area contributed by atoms with Crippen molar-refractivity contribution in [3.63, 3.8) is 0 Å². The van der Waals surface area contributed by atoms with Crippen molar-refractivity contribution in [2.75, 3.05) is 11.9 Å². The molecule has 0 aliphatic carbocycles. The Morgan fingerprint density at radius 2 is 1.86 bits per heavy atom. The van der Waals surface area contributed by atoms with Crippen molar-refractivity contribution < 1.29 is 23.1 Å². The van der Waals surface area contributed by atoms with Gasteiger partial charge >= 0.3 is 5.97 Å². The van der Waals surface area contributed by atoms with Crippen LogP contribution in [0.25, 0.3) is 0 Å². The lowest BCUT2D eigenvalue weighted by Crippen LogP contribution is -2.22. The van der Waals surface area contributed by atoms with Crippen LogP contribution >= 0.6 is 11.3 Å². The van der Waals surface area contributed by atoms with Crippen molar-refractivity contribution in [1.82, 2.24) is 0 Å². The summed E-state index contributed by atoms with van der Waals surface area (Å²) in [5.74, 6) is -3.12. The number of halogens is 2. The third kappa shape index (κ3) is 4.63. The van der Waals surface area contributed by atoms with Gasteiger partial charge in [0, 0.05) is 4.88 Å². The van der Waals surface area contributed by atoms with E-state index in [1.807, 2.05) is 22.8 Å². The molecule has 1 heterocycles. The number of carbonyl (C=O) groups is 2. The van der Waals surface area contributed by atoms with Crippen LogP contribution in [0.3, 0.4) is 0 Å². The Hall–Kier alpha value is -2.28. The summed E-state index contributed by atoms with van der Waals surface area (Å²) >= 11 is 1.52. The first-order valence-electron chi connectivity index (χ1n) is 6.48. The third-order valence-electron chi connectivity index (χ3n) is 2.75. The Morgan fingerprint density at radius 3 is 2.50 bits per heavy atom. The zero-order valence-corrected chi connectivity index (χ0v) is 12.3. The molecule has 0 saturated carbocycles. The van der Waals surface area contributed by atoms with Crippen molar-refractivity contribution in [1.29, 1.82) is 0 Å². The van der Waals surface area contributed by atoms with Crippen LogP contribution in [0.2, 0.25) is 0 Å². The maximum absolute atomic E-state index is 13.3. The summed E-state index contributed by atoms with van der Waals surface area (Å²) in [5.41, 5.74) is -0.554. The molecule has 116 valence electrons. The first kappa shape index (κ1) is 16.1. The molecule has 22 heavy (non-hydrogen) atoms. The Balaban J connectivity index is 1.76. The minimum atomic E-state index is -0.891. The minimum Gasteiger partial charge on any atom is -0.456 e. The number of amides is 1. The summed E-state index contributed by atoms with van der Waals surface area (Å²) in [5, 5.41) is 3.94. The minimum absolute atomic E-state index is 0.141. The van der Waals surface area contributed by atoms with Crippen LogP contribution in [0.5, 0.6) is 0 Å². The van der Waals surface area contributed by atoms with Crippen LogP contribution in [-0.2, 0) is 20.7 Å². The van der Waals surface area contributed by atoms with Gasteiger partial charge in [0.15, 0.2) is 6.61 Å². The fraction of sp³-hybridized carbons (Fsp3) is 0.200. The zero-order valence-electron chi connectivity index (χ0n) is 11.5. The molecule has 0 radical (unpaired) electrons. The third-order valence-corrected chi connectivity index (χ3v) is 3.68. The average Bonchev–Trinajstić information content (AvgIpc) is 3.00. The average molecular weight is 325 g/mol. The Kier molecular flexibility index (Phi) is 5.60. The molecule has 0 aliphatic heterocycles. The molecule has 7 heteroatoms. The van der Waals surface area contributed by atoms with E-state index in [1.54, 1.807) is 0 Å². The van der Waals surface area contributed by atoms with Gasteiger partial charge in [-0.1, -0.05) is 12.1 Å². The first-order valence-corrected chi connectivity index (χ1v) is 7.36. The lowest BCUT2D eigenvalue weighted by atomic mass is 10.3. The van der Waals surface area contributed by atoms with E-state index in [1.165, 1.54) is 17.4 Å². The molecule has 0 bridgehead atoms. The van der Waals surface area contributed by atoms with E-state index >= 15 is 0 Å². The SMILES string of the molecule is O=C(COC(=O)CCc1cccs1)Nc1c(F)cccc1F. The number of benzene rings is 1. The molecular formula is C15H13F2NO3S. The molecule has 1 N–H and O–H groups in total. The highest BCUT2D eigenvalue weighted by molar-refractivity contribution is 7.09. The number of anilines is 1. The largest absolute Gasteiger partial charge is 0.456 e. The molecule has 0 aliphatic rings. The maximum Gasteiger partial charge on any atom is 0.306 e. The van der Waals surface area contributed by atoms with Crippen LogP contribution in [0.4, 0.5) is 14.5 Å². The molecule has 0 saturated heterocycles. The number of hydrogen-bond acceptors (Lipinski definition) is 4. The normalized spacial score (nSPS) is 10.3. The summed E-state index contributed by atoms with van der Waals surface area (Å²) in [6.07, 6.45) is 0.669. The predicted molar refractivity (Wildman–Crippen MR) is 78.6 cm³/mol. The molecule has 0 spiro atoms. The van der Waals surface area contributed by atoms with Crippen molar-refractivity contribution in [3.05, 3.63) is 52.2 Å². The number of para-hydroxylation sites is 1. The van der Waals surface area contributed by atoms with E-state index in [0.717, 1.165) is 17.0 Å². The lowest BCUT2D eigenvalue weighted by Gasteiger charge is -2.08. The first-order chi connectivity index (χ1) is 10.6. The van der Waals surface area contributed by atoms with Gasteiger partial charge in [-0.3, -0.25) is 9.59 Å². The van der Waals surface area contributed by atoms with E-state index in [-0.39, 0.29) is 6.42 Å². The smallest absolute Gasteiger partial charge is 0.306 e. The van der Waals surface area contributed by atoms with E-state index in [0.29, 0.717) is 6.42 Å². The van der Waals surface area contributed by atoms with Gasteiger partial charge in [-0.15, -0.1) is 11.3 Å². The molecule has 0 atom stereocenters. The van der Waals surface area contributed by atoms with Crippen LogP contribution in [-0.4, -0.2) is 18.5 Å². The van der Waals surface area contributed by atoms with Crippen LogP contribution in [0.1, 0.15) is 11.3 Å². The summed E-state index contributed by atoms with van der Waals surface area (Å²) < 4.78 is 31.4. The summed E-state index contributed by atoms with van der Waals surface area (Å²) in [6.45, 7) is -0.586. The van der Waals surface area contributed by atoms with Crippen molar-refractivity contribution >= 4 is 28.9 Å². The molecule has 4 nitrogen and oxygen atoms in total. The second kappa shape index (κ2) is 7.65. The topological polar surface area (TPSA) is 55.4 Å². The summed E-state index contributed by atoms with van der Waals surface area (Å²) in [7, 11) is 0. The Labute approximate surface area is 129 Å². The van der Waals surface area contributed by atoms with Crippen molar-refractivity contribution in [2.24, 2.45) is 0 Å². The van der Waals surface area contributed by atoms with E-state index in [4.69, 9.17) is 4.74 Å². The zero-order chi connectivity index (χ0) is 15.9. The van der Waals surface area contributed by atoms with Gasteiger partial charge in [0.2, 0.25) is 0 Å². The summed E-state index contributed by atoms with van der Waals surface area (Å²) in [6, 6.07) is 7.00. The molecule has 0 unspecified atom stereocenters. The molecule has 2 rings (SSSR count). The van der Waals surface area contributed by atoms with Gasteiger partial charge < -0.3 is 10.1 Å². The van der Waals surface area contributed by atoms with Crippen LogP contribution in [0.15, 0.2) is 35.7 Å². The second-order valence-corrected chi connectivity index (χ2v) is 5.42. The summed E-state index contributed by atoms with van der Waals surface area (Å²) in [4.78, 5) is 24.1. The highest BCUT2D eigenvalue weighted by Crippen LogP contribution is 2.17. The quantitative estimate of drug-likeness (QED) is 0.830. The number of rotatable bonds is 6. The highest BCUT2D eigenvalue weighted by atomic mass is 32.1. The van der Waals surface area contributed by atoms with Crippen LogP contribution in [0, 0.1) is 11.6 Å². The lowest BCUT2D eigenvalue weighted by molar-refractivity contribution is -0.147. The van der Waals surface area contributed by atoms with Gasteiger partial charge in [-0.05, 0) is 30.0 Å². The fourth-order valence-corrected chi connectivity index (χ4v) is 2.40. The Bertz CT molecular complexity index is 639. The van der Waals surface area contributed by atoms with Gasteiger partial charge in [0.1, 0.15) is 17.3 Å². The Morgan fingerprint density at radius 1 is 1.14 bits per heavy atom. The number of aryl methyl sites for hydroxylation is 1. The molecule has 0 fully saturated rings. The number of hydrogen-bond donors (Lipinski definition) is 1. The second-order valence-electron chi connectivity index (χ2n) is 4.38. The molecule has 1 amide bonds. The highest BCUT2D eigenvalue weighted by Gasteiger charge is 2.13.